The summed E-state index contributed by atoms with van der Waals surface area (Å²) >= 11 is 0. The first-order valence-electron chi connectivity index (χ1n) is 8.07. The molecule has 0 aliphatic rings. The molecule has 0 saturated carbocycles. The molecule has 6 nitrogen and oxygen atoms in total. The van der Waals surface area contributed by atoms with Crippen LogP contribution in [0.15, 0.2) is 48.5 Å². The molecule has 25 heavy (non-hydrogen) atoms. The van der Waals surface area contributed by atoms with Crippen molar-refractivity contribution in [3.8, 4) is 0 Å². The molecule has 1 N–H and O–H groups in total. The standard InChI is InChI=1S/C19H22N2O4/c1-4-19(25-3,16-8-6-5-7-9-16)13-20-18(22)15-11-10-14(2)17(12-15)21(23)24/h5-12H,4,13H2,1-3H3,(H,20,22). The zero-order valence-electron chi connectivity index (χ0n) is 14.6. The summed E-state index contributed by atoms with van der Waals surface area (Å²) in [4.78, 5) is 23.0. The number of carbonyl (C=O) groups excluding carboxylic acids is 1. The van der Waals surface area contributed by atoms with Crippen LogP contribution in [0.2, 0.25) is 0 Å². The summed E-state index contributed by atoms with van der Waals surface area (Å²) in [5.74, 6) is -0.367. The van der Waals surface area contributed by atoms with E-state index in [1.54, 1.807) is 26.2 Å². The third kappa shape index (κ3) is 4.03. The van der Waals surface area contributed by atoms with Crippen molar-refractivity contribution in [3.05, 3.63) is 75.3 Å². The van der Waals surface area contributed by atoms with E-state index < -0.39 is 10.5 Å². The minimum Gasteiger partial charge on any atom is -0.372 e. The Morgan fingerprint density at radius 1 is 1.24 bits per heavy atom. The van der Waals surface area contributed by atoms with E-state index in [9.17, 15) is 14.9 Å². The topological polar surface area (TPSA) is 81.5 Å². The predicted molar refractivity (Wildman–Crippen MR) is 95.6 cm³/mol. The number of aryl methyl sites for hydroxylation is 1. The lowest BCUT2D eigenvalue weighted by Crippen LogP contribution is -2.41. The number of nitrogens with one attached hydrogen (secondary N) is 1. The number of nitro benzene ring substituents is 1. The van der Waals surface area contributed by atoms with Crippen molar-refractivity contribution >= 4 is 11.6 Å². The van der Waals surface area contributed by atoms with Gasteiger partial charge in [-0.05, 0) is 25.0 Å². The van der Waals surface area contributed by atoms with Crippen molar-refractivity contribution in [2.75, 3.05) is 13.7 Å². The highest BCUT2D eigenvalue weighted by molar-refractivity contribution is 5.95. The molecule has 0 fully saturated rings. The fraction of sp³-hybridized carbons (Fsp3) is 0.316. The normalized spacial score (nSPS) is 13.1. The summed E-state index contributed by atoms with van der Waals surface area (Å²) < 4.78 is 5.72. The van der Waals surface area contributed by atoms with E-state index in [4.69, 9.17) is 4.74 Å². The van der Waals surface area contributed by atoms with E-state index in [-0.39, 0.29) is 23.7 Å². The fourth-order valence-electron chi connectivity index (χ4n) is 2.78. The molecule has 1 amide bonds. The second-order valence-corrected chi connectivity index (χ2v) is 5.86. The van der Waals surface area contributed by atoms with Gasteiger partial charge in [0.25, 0.3) is 11.6 Å². The van der Waals surface area contributed by atoms with E-state index in [1.807, 2.05) is 37.3 Å². The number of ether oxygens (including phenoxy) is 1. The van der Waals surface area contributed by atoms with Gasteiger partial charge in [-0.15, -0.1) is 0 Å². The number of benzene rings is 2. The predicted octanol–water partition coefficient (Wildman–Crippen LogP) is 3.58. The lowest BCUT2D eigenvalue weighted by atomic mass is 9.90. The third-order valence-electron chi connectivity index (χ3n) is 4.46. The molecular weight excluding hydrogens is 320 g/mol. The molecule has 0 saturated heterocycles. The molecule has 0 aliphatic carbocycles. The molecule has 0 radical (unpaired) electrons. The highest BCUT2D eigenvalue weighted by Crippen LogP contribution is 2.28. The zero-order chi connectivity index (χ0) is 18.4. The first kappa shape index (κ1) is 18.6. The summed E-state index contributed by atoms with van der Waals surface area (Å²) in [6.07, 6.45) is 0.668. The maximum atomic E-state index is 12.5. The quantitative estimate of drug-likeness (QED) is 0.616. The first-order chi connectivity index (χ1) is 11.9. The minimum atomic E-state index is -0.645. The van der Waals surface area contributed by atoms with Crippen molar-refractivity contribution in [1.82, 2.24) is 5.32 Å². The Balaban J connectivity index is 2.20. The molecule has 2 rings (SSSR count). The molecule has 6 heteroatoms. The molecule has 0 spiro atoms. The van der Waals surface area contributed by atoms with Gasteiger partial charge in [0, 0.05) is 24.3 Å². The Labute approximate surface area is 147 Å². The lowest BCUT2D eigenvalue weighted by molar-refractivity contribution is -0.385. The van der Waals surface area contributed by atoms with Crippen molar-refractivity contribution in [1.29, 1.82) is 0 Å². The Hall–Kier alpha value is -2.73. The van der Waals surface area contributed by atoms with Gasteiger partial charge in [-0.3, -0.25) is 14.9 Å². The molecule has 0 aromatic heterocycles. The van der Waals surface area contributed by atoms with Gasteiger partial charge >= 0.3 is 0 Å². The lowest BCUT2D eigenvalue weighted by Gasteiger charge is -2.32. The average molecular weight is 342 g/mol. The molecule has 1 atom stereocenters. The van der Waals surface area contributed by atoms with E-state index in [1.165, 1.54) is 6.07 Å². The number of hydrogen-bond acceptors (Lipinski definition) is 4. The second-order valence-electron chi connectivity index (χ2n) is 5.86. The van der Waals surface area contributed by atoms with Crippen LogP contribution >= 0.6 is 0 Å². The van der Waals surface area contributed by atoms with Crippen LogP contribution < -0.4 is 5.32 Å². The van der Waals surface area contributed by atoms with Crippen LogP contribution in [0.5, 0.6) is 0 Å². The van der Waals surface area contributed by atoms with Gasteiger partial charge in [0.05, 0.1) is 11.5 Å². The third-order valence-corrected chi connectivity index (χ3v) is 4.46. The van der Waals surface area contributed by atoms with Crippen LogP contribution in [0, 0.1) is 17.0 Å². The van der Waals surface area contributed by atoms with Gasteiger partial charge in [0.2, 0.25) is 0 Å². The summed E-state index contributed by atoms with van der Waals surface area (Å²) in [5, 5.41) is 13.9. The van der Waals surface area contributed by atoms with Gasteiger partial charge in [0.15, 0.2) is 0 Å². The molecule has 0 aliphatic heterocycles. The monoisotopic (exact) mass is 342 g/mol. The van der Waals surface area contributed by atoms with E-state index in [0.717, 1.165) is 5.56 Å². The van der Waals surface area contributed by atoms with Gasteiger partial charge < -0.3 is 10.1 Å². The number of nitro groups is 1. The summed E-state index contributed by atoms with van der Waals surface area (Å²) in [7, 11) is 1.61. The number of methoxy groups -OCH3 is 1. The summed E-state index contributed by atoms with van der Waals surface area (Å²) in [6, 6.07) is 14.1. The van der Waals surface area contributed by atoms with Crippen LogP contribution in [-0.4, -0.2) is 24.5 Å². The average Bonchev–Trinajstić information content (AvgIpc) is 2.64. The smallest absolute Gasteiger partial charge is 0.273 e. The number of rotatable bonds is 7. The highest BCUT2D eigenvalue weighted by Gasteiger charge is 2.30. The molecule has 2 aromatic rings. The van der Waals surface area contributed by atoms with E-state index >= 15 is 0 Å². The fourth-order valence-corrected chi connectivity index (χ4v) is 2.78. The van der Waals surface area contributed by atoms with E-state index in [2.05, 4.69) is 5.32 Å². The minimum absolute atomic E-state index is 0.0656. The second kappa shape index (κ2) is 7.90. The SMILES string of the molecule is CCC(CNC(=O)c1ccc(C)c([N+](=O)[O-])c1)(OC)c1ccccc1. The Morgan fingerprint density at radius 3 is 2.48 bits per heavy atom. The van der Waals surface area contributed by atoms with Gasteiger partial charge in [-0.2, -0.15) is 0 Å². The number of amides is 1. The van der Waals surface area contributed by atoms with Crippen LogP contribution in [0.3, 0.4) is 0 Å². The van der Waals surface area contributed by atoms with E-state index in [0.29, 0.717) is 12.0 Å². The Kier molecular flexibility index (Phi) is 5.88. The largest absolute Gasteiger partial charge is 0.372 e. The molecule has 1 unspecified atom stereocenters. The molecule has 0 bridgehead atoms. The van der Waals surface area contributed by atoms with Crippen LogP contribution in [0.25, 0.3) is 0 Å². The Bertz CT molecular complexity index is 755. The summed E-state index contributed by atoms with van der Waals surface area (Å²) in [5.41, 5.74) is 1.03. The molecule has 0 heterocycles. The van der Waals surface area contributed by atoms with Crippen molar-refractivity contribution in [2.45, 2.75) is 25.9 Å². The van der Waals surface area contributed by atoms with Gasteiger partial charge in [0.1, 0.15) is 5.60 Å². The van der Waals surface area contributed by atoms with Crippen molar-refractivity contribution in [2.24, 2.45) is 0 Å². The molecule has 2 aromatic carbocycles. The number of hydrogen-bond donors (Lipinski definition) is 1. The van der Waals surface area contributed by atoms with Gasteiger partial charge in [-0.1, -0.05) is 43.3 Å². The van der Waals surface area contributed by atoms with Crippen LogP contribution in [0.1, 0.15) is 34.8 Å². The van der Waals surface area contributed by atoms with Crippen molar-refractivity contribution < 1.29 is 14.5 Å². The first-order valence-corrected chi connectivity index (χ1v) is 8.07. The maximum absolute atomic E-state index is 12.5. The number of nitrogens with zero attached hydrogens (tertiary/aromatic N) is 1. The van der Waals surface area contributed by atoms with Gasteiger partial charge in [-0.25, -0.2) is 0 Å². The van der Waals surface area contributed by atoms with Crippen LogP contribution in [0.4, 0.5) is 5.69 Å². The Morgan fingerprint density at radius 2 is 1.92 bits per heavy atom. The van der Waals surface area contributed by atoms with Crippen LogP contribution in [-0.2, 0) is 10.3 Å². The zero-order valence-corrected chi connectivity index (χ0v) is 14.6. The highest BCUT2D eigenvalue weighted by atomic mass is 16.6. The number of carbonyl (C=O) groups is 1. The molecule has 132 valence electrons. The molecular formula is C19H22N2O4. The summed E-state index contributed by atoms with van der Waals surface area (Å²) in [6.45, 7) is 3.89. The maximum Gasteiger partial charge on any atom is 0.273 e. The van der Waals surface area contributed by atoms with Crippen molar-refractivity contribution in [3.63, 3.8) is 0 Å².